The summed E-state index contributed by atoms with van der Waals surface area (Å²) in [6.07, 6.45) is 14.0. The first-order valence-corrected chi connectivity index (χ1v) is 32.6. The van der Waals surface area contributed by atoms with Crippen LogP contribution in [0.5, 0.6) is 0 Å². The maximum absolute atomic E-state index is 4.93. The van der Waals surface area contributed by atoms with Gasteiger partial charge in [0, 0.05) is 23.3 Å². The van der Waals surface area contributed by atoms with Gasteiger partial charge in [-0.05, 0) is 71.4 Å². The van der Waals surface area contributed by atoms with Crippen molar-refractivity contribution >= 4 is 40.3 Å². The average Bonchev–Trinajstić information content (AvgIpc) is 3.57. The van der Waals surface area contributed by atoms with E-state index in [1.807, 2.05) is 0 Å². The molecule has 0 spiro atoms. The minimum absolute atomic E-state index is 0. The molecule has 8 unspecified atom stereocenters. The number of benzene rings is 1. The van der Waals surface area contributed by atoms with Gasteiger partial charge in [0.1, 0.15) is 0 Å². The second-order valence-electron chi connectivity index (χ2n) is 15.7. The first kappa shape index (κ1) is 36.5. The van der Waals surface area contributed by atoms with Gasteiger partial charge in [0.2, 0.25) is 0 Å². The molecule has 222 valence electrons. The third-order valence-electron chi connectivity index (χ3n) is 12.3. The van der Waals surface area contributed by atoms with E-state index in [-0.39, 0.29) is 14.9 Å². The van der Waals surface area contributed by atoms with E-state index in [0.29, 0.717) is 0 Å². The van der Waals surface area contributed by atoms with Gasteiger partial charge in [-0.2, -0.15) is 0 Å². The van der Waals surface area contributed by atoms with Crippen molar-refractivity contribution in [3.05, 3.63) is 50.7 Å². The summed E-state index contributed by atoms with van der Waals surface area (Å²) >= 11 is -0.826. The van der Waals surface area contributed by atoms with Gasteiger partial charge in [-0.15, -0.1) is 0 Å². The molecule has 0 amide bonds. The van der Waals surface area contributed by atoms with Crippen molar-refractivity contribution in [2.45, 2.75) is 127 Å². The van der Waals surface area contributed by atoms with Gasteiger partial charge in [0.15, 0.2) is 0 Å². The SMILES string of the molecule is C[Si](C)(C)CC1CCC([Si](C)(C)[Si](C)(C)C2CCC3C2CC2CCCC2C3c2ccccc2)C1.[CH3-].[CH3-].[Cl][Zr+2][Cl]. The molecular formula is C33H60Cl2Si3Zr. The molecule has 0 saturated heterocycles. The molecule has 1 aromatic carbocycles. The van der Waals surface area contributed by atoms with Crippen LogP contribution in [-0.4, -0.2) is 23.3 Å². The number of fused-ring (bicyclic) bond motifs is 2. The van der Waals surface area contributed by atoms with E-state index in [1.54, 1.807) is 50.1 Å². The summed E-state index contributed by atoms with van der Waals surface area (Å²) in [7, 11) is 6.42. The average molecular weight is 703 g/mol. The minimum atomic E-state index is -1.28. The van der Waals surface area contributed by atoms with Gasteiger partial charge in [0.05, 0.1) is 0 Å². The van der Waals surface area contributed by atoms with E-state index < -0.39 is 44.1 Å². The van der Waals surface area contributed by atoms with Crippen molar-refractivity contribution in [2.24, 2.45) is 29.6 Å². The molecule has 0 bridgehead atoms. The Hall–Kier alpha value is 1.33. The predicted octanol–water partition coefficient (Wildman–Crippen LogP) is 12.3. The van der Waals surface area contributed by atoms with Gasteiger partial charge in [-0.25, -0.2) is 0 Å². The summed E-state index contributed by atoms with van der Waals surface area (Å²) in [6.45, 7) is 19.4. The van der Waals surface area contributed by atoms with Crippen molar-refractivity contribution in [2.75, 3.05) is 0 Å². The first-order chi connectivity index (χ1) is 17.4. The number of hydrogen-bond donors (Lipinski definition) is 0. The van der Waals surface area contributed by atoms with Gasteiger partial charge < -0.3 is 14.9 Å². The Bertz CT molecular complexity index is 871. The van der Waals surface area contributed by atoms with Crippen LogP contribution in [0.2, 0.25) is 63.0 Å². The van der Waals surface area contributed by atoms with Gasteiger partial charge in [0.25, 0.3) is 0 Å². The van der Waals surface area contributed by atoms with E-state index >= 15 is 0 Å². The van der Waals surface area contributed by atoms with Crippen LogP contribution in [0.3, 0.4) is 0 Å². The Labute approximate surface area is 266 Å². The summed E-state index contributed by atoms with van der Waals surface area (Å²) in [5.74, 6) is 6.02. The summed E-state index contributed by atoms with van der Waals surface area (Å²) in [5.41, 5.74) is 3.95. The van der Waals surface area contributed by atoms with Crippen molar-refractivity contribution < 1.29 is 20.8 Å². The number of halogens is 2. The molecule has 8 atom stereocenters. The van der Waals surface area contributed by atoms with E-state index in [2.05, 4.69) is 76.2 Å². The molecule has 4 aliphatic rings. The molecule has 0 radical (unpaired) electrons. The molecule has 4 fully saturated rings. The zero-order chi connectivity index (χ0) is 27.0. The van der Waals surface area contributed by atoms with E-state index in [1.165, 1.54) is 19.3 Å². The van der Waals surface area contributed by atoms with Crippen molar-refractivity contribution in [1.29, 1.82) is 0 Å². The molecule has 0 aliphatic heterocycles. The standard InChI is InChI=1S/C31H54Si3.2CH3.2ClH.Zr/c1-32(2,3)22-23-16-17-26(20-23)33(4,5)34(6,7)30-19-18-28-29(30)21-25-14-11-15-27(25)31(28)24-12-9-8-10-13-24;;;;;/h8-10,12-13,23,25-31H,11,14-22H2,1-7H3;2*1H3;2*1H;/q;2*-1;;;+4/p-2. The molecule has 4 saturated carbocycles. The molecule has 0 N–H and O–H groups in total. The third-order valence-corrected chi connectivity index (χ3v) is 34.9. The molecular weight excluding hydrogens is 643 g/mol. The van der Waals surface area contributed by atoms with Crippen LogP contribution in [0.4, 0.5) is 0 Å². The molecule has 39 heavy (non-hydrogen) atoms. The van der Waals surface area contributed by atoms with E-state index in [4.69, 9.17) is 17.0 Å². The van der Waals surface area contributed by atoms with Crippen LogP contribution in [0.1, 0.15) is 69.3 Å². The van der Waals surface area contributed by atoms with Gasteiger partial charge in [-0.1, -0.05) is 121 Å². The number of rotatable bonds is 6. The Balaban J connectivity index is 0.00000102. The quantitative estimate of drug-likeness (QED) is 0.204. The fourth-order valence-electron chi connectivity index (χ4n) is 10.2. The Kier molecular flexibility index (Phi) is 13.9. The Morgan fingerprint density at radius 2 is 1.36 bits per heavy atom. The molecule has 1 aromatic rings. The second kappa shape index (κ2) is 14.9. The zero-order valence-corrected chi connectivity index (χ0v) is 33.8. The topological polar surface area (TPSA) is 0 Å². The fourth-order valence-corrected chi connectivity index (χ4v) is 26.4. The van der Waals surface area contributed by atoms with Crippen LogP contribution in [0.15, 0.2) is 30.3 Å². The van der Waals surface area contributed by atoms with Crippen LogP contribution in [0, 0.1) is 44.4 Å². The number of hydrogen-bond acceptors (Lipinski definition) is 0. The zero-order valence-electron chi connectivity index (χ0n) is 26.8. The van der Waals surface area contributed by atoms with Crippen molar-refractivity contribution in [1.82, 2.24) is 0 Å². The van der Waals surface area contributed by atoms with Gasteiger partial charge >= 0.3 is 37.9 Å². The van der Waals surface area contributed by atoms with Crippen molar-refractivity contribution in [3.63, 3.8) is 0 Å². The predicted molar refractivity (Wildman–Crippen MR) is 183 cm³/mol. The van der Waals surface area contributed by atoms with Crippen molar-refractivity contribution in [3.8, 4) is 0 Å². The Morgan fingerprint density at radius 1 is 0.718 bits per heavy atom. The van der Waals surface area contributed by atoms with Crippen LogP contribution in [-0.2, 0) is 20.8 Å². The summed E-state index contributed by atoms with van der Waals surface area (Å²) < 4.78 is 0. The molecule has 0 nitrogen and oxygen atoms in total. The monoisotopic (exact) mass is 700 g/mol. The molecule has 5 rings (SSSR count). The van der Waals surface area contributed by atoms with E-state index in [9.17, 15) is 0 Å². The van der Waals surface area contributed by atoms with Gasteiger partial charge in [-0.3, -0.25) is 0 Å². The summed E-state index contributed by atoms with van der Waals surface area (Å²) in [4.78, 5) is 0. The third kappa shape index (κ3) is 7.89. The molecule has 0 heterocycles. The van der Waals surface area contributed by atoms with Crippen LogP contribution < -0.4 is 0 Å². The normalized spacial score (nSPS) is 34.0. The summed E-state index contributed by atoms with van der Waals surface area (Å²) in [5, 5.41) is 0. The maximum atomic E-state index is 4.93. The Morgan fingerprint density at radius 3 is 1.97 bits per heavy atom. The second-order valence-corrected chi connectivity index (χ2v) is 41.1. The van der Waals surface area contributed by atoms with E-state index in [0.717, 1.165) is 46.6 Å². The summed E-state index contributed by atoms with van der Waals surface area (Å²) in [6, 6.07) is 13.4. The molecule has 6 heteroatoms. The fraction of sp³-hybridized carbons (Fsp3) is 0.758. The molecule has 0 aromatic heterocycles. The van der Waals surface area contributed by atoms with Crippen LogP contribution in [0.25, 0.3) is 0 Å². The van der Waals surface area contributed by atoms with Crippen LogP contribution >= 0.6 is 17.0 Å². The molecule has 4 aliphatic carbocycles. The first-order valence-electron chi connectivity index (χ1n) is 15.4.